The molecule has 0 aliphatic heterocycles. The summed E-state index contributed by atoms with van der Waals surface area (Å²) < 4.78 is 39.2. The summed E-state index contributed by atoms with van der Waals surface area (Å²) in [5.41, 5.74) is 0.988. The van der Waals surface area contributed by atoms with Crippen LogP contribution in [-0.2, 0) is 10.0 Å². The summed E-state index contributed by atoms with van der Waals surface area (Å²) >= 11 is 0. The summed E-state index contributed by atoms with van der Waals surface area (Å²) in [4.78, 5) is 13.7. The zero-order valence-corrected chi connectivity index (χ0v) is 17.3. The molecule has 1 amide bonds. The van der Waals surface area contributed by atoms with Crippen LogP contribution in [0.15, 0.2) is 45.8 Å². The Morgan fingerprint density at radius 1 is 1.28 bits per heavy atom. The normalized spacial score (nSPS) is 11.3. The van der Waals surface area contributed by atoms with E-state index < -0.39 is 10.0 Å². The van der Waals surface area contributed by atoms with Crippen LogP contribution in [-0.4, -0.2) is 50.1 Å². The zero-order chi connectivity index (χ0) is 21.2. The van der Waals surface area contributed by atoms with E-state index in [0.717, 1.165) is 0 Å². The van der Waals surface area contributed by atoms with Gasteiger partial charge in [0.25, 0.3) is 15.9 Å². The van der Waals surface area contributed by atoms with Crippen molar-refractivity contribution in [3.63, 3.8) is 0 Å². The van der Waals surface area contributed by atoms with Gasteiger partial charge in [0.15, 0.2) is 5.76 Å². The molecule has 0 unspecified atom stereocenters. The number of aromatic amines is 1. The van der Waals surface area contributed by atoms with Crippen LogP contribution in [0.1, 0.15) is 23.0 Å². The summed E-state index contributed by atoms with van der Waals surface area (Å²) in [7, 11) is -0.675. The van der Waals surface area contributed by atoms with E-state index in [9.17, 15) is 13.2 Å². The number of aromatic nitrogens is 2. The number of amides is 1. The number of hydrogen-bond donors (Lipinski definition) is 2. The number of rotatable bonds is 7. The van der Waals surface area contributed by atoms with E-state index in [1.54, 1.807) is 45.3 Å². The molecular weight excluding hydrogens is 396 g/mol. The second-order valence-corrected chi connectivity index (χ2v) is 8.10. The van der Waals surface area contributed by atoms with Gasteiger partial charge in [-0.2, -0.15) is 5.10 Å². The number of carbonyl (C=O) groups excluding carboxylic acids is 1. The number of benzene rings is 1. The van der Waals surface area contributed by atoms with Crippen LogP contribution in [0.2, 0.25) is 0 Å². The van der Waals surface area contributed by atoms with Gasteiger partial charge in [0, 0.05) is 25.8 Å². The Kier molecular flexibility index (Phi) is 5.64. The molecule has 2 aromatic heterocycles. The second-order valence-electron chi connectivity index (χ2n) is 6.45. The Balaban J connectivity index is 1.90. The summed E-state index contributed by atoms with van der Waals surface area (Å²) in [5.74, 6) is 0.767. The van der Waals surface area contributed by atoms with Gasteiger partial charge in [-0.05, 0) is 38.1 Å². The molecule has 0 atom stereocenters. The molecule has 10 heteroatoms. The lowest BCUT2D eigenvalue weighted by molar-refractivity contribution is 0.0828. The number of ether oxygens (including phenoxy) is 1. The third-order valence-corrected chi connectivity index (χ3v) is 5.59. The maximum atomic E-state index is 12.8. The number of hydrogen-bond acceptors (Lipinski definition) is 6. The maximum Gasteiger partial charge on any atom is 0.265 e. The highest BCUT2D eigenvalue weighted by Crippen LogP contribution is 2.30. The fourth-order valence-electron chi connectivity index (χ4n) is 2.73. The molecule has 3 rings (SSSR count). The molecule has 1 aromatic carbocycles. The first-order valence-corrected chi connectivity index (χ1v) is 10.3. The van der Waals surface area contributed by atoms with E-state index in [1.165, 1.54) is 17.2 Å². The van der Waals surface area contributed by atoms with E-state index >= 15 is 0 Å². The van der Waals surface area contributed by atoms with Crippen LogP contribution in [0.3, 0.4) is 0 Å². The molecule has 0 spiro atoms. The lowest BCUT2D eigenvalue weighted by atomic mass is 10.2. The number of H-pyrrole nitrogens is 1. The Morgan fingerprint density at radius 3 is 2.59 bits per heavy atom. The minimum atomic E-state index is -3.90. The average Bonchev–Trinajstić information content (AvgIpc) is 3.29. The summed E-state index contributed by atoms with van der Waals surface area (Å²) in [6.07, 6.45) is 1.38. The number of furan rings is 1. The van der Waals surface area contributed by atoms with Crippen molar-refractivity contribution in [3.8, 4) is 17.2 Å². The first-order valence-electron chi connectivity index (χ1n) is 8.84. The minimum Gasteiger partial charge on any atom is -0.494 e. The van der Waals surface area contributed by atoms with Crippen LogP contribution < -0.4 is 9.46 Å². The van der Waals surface area contributed by atoms with Gasteiger partial charge in [-0.3, -0.25) is 14.6 Å². The molecule has 2 N–H and O–H groups in total. The predicted molar refractivity (Wildman–Crippen MR) is 107 cm³/mol. The topological polar surface area (TPSA) is 118 Å². The number of nitrogens with one attached hydrogen (secondary N) is 2. The van der Waals surface area contributed by atoms with E-state index in [2.05, 4.69) is 14.9 Å². The highest BCUT2D eigenvalue weighted by Gasteiger charge is 2.25. The van der Waals surface area contributed by atoms with Crippen LogP contribution in [0.5, 0.6) is 5.75 Å². The van der Waals surface area contributed by atoms with E-state index in [1.807, 2.05) is 6.92 Å². The molecule has 154 valence electrons. The Morgan fingerprint density at radius 2 is 1.97 bits per heavy atom. The van der Waals surface area contributed by atoms with Crippen molar-refractivity contribution in [1.82, 2.24) is 15.1 Å². The van der Waals surface area contributed by atoms with Gasteiger partial charge in [0.2, 0.25) is 0 Å². The lowest BCUT2D eigenvalue weighted by Gasteiger charge is -2.09. The molecule has 3 aromatic rings. The molecule has 0 radical (unpaired) electrons. The molecule has 0 aliphatic rings. The van der Waals surface area contributed by atoms with Crippen LogP contribution in [0.4, 0.5) is 5.69 Å². The van der Waals surface area contributed by atoms with Crippen molar-refractivity contribution in [2.45, 2.75) is 18.7 Å². The van der Waals surface area contributed by atoms with Crippen molar-refractivity contribution in [1.29, 1.82) is 0 Å². The monoisotopic (exact) mass is 418 g/mol. The number of nitrogens with zero attached hydrogens (tertiary/aromatic N) is 2. The third kappa shape index (κ3) is 4.27. The van der Waals surface area contributed by atoms with Gasteiger partial charge < -0.3 is 14.1 Å². The Hall–Kier alpha value is -3.27. The highest BCUT2D eigenvalue weighted by molar-refractivity contribution is 7.92. The predicted octanol–water partition coefficient (Wildman–Crippen LogP) is 2.88. The first-order chi connectivity index (χ1) is 13.7. The summed E-state index contributed by atoms with van der Waals surface area (Å²) in [5, 5.41) is 6.58. The summed E-state index contributed by atoms with van der Waals surface area (Å²) in [6.45, 7) is 3.93. The van der Waals surface area contributed by atoms with Crippen molar-refractivity contribution in [3.05, 3.63) is 47.9 Å². The molecule has 2 heterocycles. The molecule has 0 saturated carbocycles. The highest BCUT2D eigenvalue weighted by atomic mass is 32.2. The number of anilines is 1. The molecular formula is C19H22N4O5S. The van der Waals surface area contributed by atoms with Crippen LogP contribution in [0, 0.1) is 6.92 Å². The fourth-order valence-corrected chi connectivity index (χ4v) is 3.97. The van der Waals surface area contributed by atoms with Gasteiger partial charge >= 0.3 is 0 Å². The van der Waals surface area contributed by atoms with Gasteiger partial charge in [-0.1, -0.05) is 0 Å². The SMILES string of the molecule is CCOc1ccc(NS(=O)(=O)c2cc(-c3[nH]ncc3C(=O)N(C)C)oc2C)cc1. The van der Waals surface area contributed by atoms with Crippen molar-refractivity contribution < 1.29 is 22.4 Å². The minimum absolute atomic E-state index is 0.0285. The van der Waals surface area contributed by atoms with Gasteiger partial charge in [0.1, 0.15) is 22.1 Å². The Bertz CT molecular complexity index is 1110. The van der Waals surface area contributed by atoms with Crippen molar-refractivity contribution in [2.24, 2.45) is 0 Å². The third-order valence-electron chi connectivity index (χ3n) is 4.10. The standard InChI is InChI=1S/C19H22N4O5S/c1-5-27-14-8-6-13(7-9-14)22-29(25,26)17-10-16(28-12(17)2)18-15(11-20-21-18)19(24)23(3)4/h6-11,22H,5H2,1-4H3,(H,20,21). The second kappa shape index (κ2) is 8.00. The molecule has 9 nitrogen and oxygen atoms in total. The number of sulfonamides is 1. The smallest absolute Gasteiger partial charge is 0.265 e. The summed E-state index contributed by atoms with van der Waals surface area (Å²) in [6, 6.07) is 7.95. The molecule has 29 heavy (non-hydrogen) atoms. The van der Waals surface area contributed by atoms with E-state index in [-0.39, 0.29) is 27.9 Å². The molecule has 0 aliphatic carbocycles. The van der Waals surface area contributed by atoms with Gasteiger partial charge in [-0.15, -0.1) is 0 Å². The number of carbonyl (C=O) groups is 1. The molecule has 0 fully saturated rings. The van der Waals surface area contributed by atoms with Gasteiger partial charge in [0.05, 0.1) is 18.4 Å². The van der Waals surface area contributed by atoms with Crippen molar-refractivity contribution in [2.75, 3.05) is 25.4 Å². The van der Waals surface area contributed by atoms with E-state index in [0.29, 0.717) is 23.7 Å². The largest absolute Gasteiger partial charge is 0.494 e. The lowest BCUT2D eigenvalue weighted by Crippen LogP contribution is -2.21. The van der Waals surface area contributed by atoms with E-state index in [4.69, 9.17) is 9.15 Å². The Labute approximate surface area is 168 Å². The average molecular weight is 418 g/mol. The zero-order valence-electron chi connectivity index (χ0n) is 16.5. The first kappa shape index (κ1) is 20.5. The van der Waals surface area contributed by atoms with Crippen LogP contribution >= 0.6 is 0 Å². The van der Waals surface area contributed by atoms with Gasteiger partial charge in [-0.25, -0.2) is 8.42 Å². The van der Waals surface area contributed by atoms with Crippen LogP contribution in [0.25, 0.3) is 11.5 Å². The molecule has 0 bridgehead atoms. The number of aryl methyl sites for hydroxylation is 1. The molecule has 0 saturated heterocycles. The maximum absolute atomic E-state index is 12.8. The fraction of sp³-hybridized carbons (Fsp3) is 0.263. The quantitative estimate of drug-likeness (QED) is 0.609. The van der Waals surface area contributed by atoms with Crippen molar-refractivity contribution >= 4 is 21.6 Å².